The van der Waals surface area contributed by atoms with Gasteiger partial charge >= 0.3 is 0 Å². The first-order valence-electron chi connectivity index (χ1n) is 6.07. The van der Waals surface area contributed by atoms with Crippen molar-refractivity contribution in [3.05, 3.63) is 59.4 Å². The van der Waals surface area contributed by atoms with Crippen LogP contribution >= 0.6 is 0 Å². The number of halogens is 1. The number of hydrogen-bond acceptors (Lipinski definition) is 2. The van der Waals surface area contributed by atoms with Crippen LogP contribution < -0.4 is 10.6 Å². The van der Waals surface area contributed by atoms with Gasteiger partial charge in [0.05, 0.1) is 13.0 Å². The van der Waals surface area contributed by atoms with Crippen LogP contribution in [0.1, 0.15) is 11.1 Å². The second-order valence-corrected chi connectivity index (χ2v) is 4.64. The molecule has 0 saturated heterocycles. The Hall–Kier alpha value is -2.36. The van der Waals surface area contributed by atoms with Crippen LogP contribution in [0, 0.1) is 5.82 Å². The Morgan fingerprint density at radius 2 is 2.00 bits per heavy atom. The second kappa shape index (κ2) is 4.39. The van der Waals surface area contributed by atoms with Crippen LogP contribution in [0.5, 0.6) is 0 Å². The molecule has 2 N–H and O–H groups in total. The number of fused-ring (bicyclic) bond motifs is 1. The summed E-state index contributed by atoms with van der Waals surface area (Å²) in [4.78, 5) is 13.6. The van der Waals surface area contributed by atoms with Gasteiger partial charge in [-0.3, -0.25) is 4.79 Å². The third-order valence-electron chi connectivity index (χ3n) is 3.32. The maximum atomic E-state index is 13.7. The maximum absolute atomic E-state index is 13.7. The molecule has 0 unspecified atom stereocenters. The van der Waals surface area contributed by atoms with Crippen molar-refractivity contribution in [1.82, 2.24) is 0 Å². The van der Waals surface area contributed by atoms with E-state index in [2.05, 4.69) is 0 Å². The Kier molecular flexibility index (Phi) is 2.71. The fourth-order valence-corrected chi connectivity index (χ4v) is 2.37. The Morgan fingerprint density at radius 1 is 1.21 bits per heavy atom. The van der Waals surface area contributed by atoms with Crippen molar-refractivity contribution in [2.75, 3.05) is 10.6 Å². The molecule has 0 aromatic heterocycles. The average molecular weight is 256 g/mol. The van der Waals surface area contributed by atoms with E-state index in [1.807, 2.05) is 6.07 Å². The normalized spacial score (nSPS) is 13.7. The zero-order valence-electron chi connectivity index (χ0n) is 10.3. The number of amides is 1. The quantitative estimate of drug-likeness (QED) is 0.839. The molecule has 0 radical (unpaired) electrons. The van der Waals surface area contributed by atoms with E-state index in [0.29, 0.717) is 17.7 Å². The molecule has 3 rings (SSSR count). The lowest BCUT2D eigenvalue weighted by Crippen LogP contribution is -2.26. The first-order valence-corrected chi connectivity index (χ1v) is 6.07. The van der Waals surface area contributed by atoms with Gasteiger partial charge in [0.25, 0.3) is 0 Å². The molecule has 1 heterocycles. The minimum Gasteiger partial charge on any atom is -0.399 e. The van der Waals surface area contributed by atoms with E-state index < -0.39 is 0 Å². The summed E-state index contributed by atoms with van der Waals surface area (Å²) in [7, 11) is 0. The van der Waals surface area contributed by atoms with Crippen LogP contribution in [0.25, 0.3) is 0 Å². The Morgan fingerprint density at radius 3 is 2.79 bits per heavy atom. The Labute approximate surface area is 110 Å². The number of nitrogen functional groups attached to an aromatic ring is 1. The number of carbonyl (C=O) groups excluding carboxylic acids is 1. The van der Waals surface area contributed by atoms with E-state index >= 15 is 0 Å². The van der Waals surface area contributed by atoms with Gasteiger partial charge in [-0.1, -0.05) is 18.2 Å². The largest absolute Gasteiger partial charge is 0.399 e. The molecular formula is C15H13FN2O. The van der Waals surface area contributed by atoms with Gasteiger partial charge in [0.1, 0.15) is 5.82 Å². The number of benzene rings is 2. The SMILES string of the molecule is Nc1ccc2c(c1)CC(=O)N2Cc1ccccc1F. The van der Waals surface area contributed by atoms with Crippen LogP contribution in [0.2, 0.25) is 0 Å². The highest BCUT2D eigenvalue weighted by atomic mass is 19.1. The summed E-state index contributed by atoms with van der Waals surface area (Å²) in [5.41, 5.74) is 8.59. The van der Waals surface area contributed by atoms with Gasteiger partial charge in [-0.05, 0) is 29.8 Å². The fraction of sp³-hybridized carbons (Fsp3) is 0.133. The number of nitrogens with zero attached hydrogens (tertiary/aromatic N) is 1. The van der Waals surface area contributed by atoms with Crippen molar-refractivity contribution >= 4 is 17.3 Å². The third kappa shape index (κ3) is 2.05. The van der Waals surface area contributed by atoms with Crippen LogP contribution in [0.3, 0.4) is 0 Å². The molecule has 0 aliphatic carbocycles. The summed E-state index contributed by atoms with van der Waals surface area (Å²) in [6.07, 6.45) is 0.328. The van der Waals surface area contributed by atoms with Gasteiger partial charge in [0, 0.05) is 16.9 Å². The highest BCUT2D eigenvalue weighted by Crippen LogP contribution is 2.31. The molecule has 19 heavy (non-hydrogen) atoms. The minimum absolute atomic E-state index is 0.0242. The van der Waals surface area contributed by atoms with E-state index in [9.17, 15) is 9.18 Å². The van der Waals surface area contributed by atoms with Crippen molar-refractivity contribution in [1.29, 1.82) is 0 Å². The van der Waals surface area contributed by atoms with Crippen molar-refractivity contribution in [3.63, 3.8) is 0 Å². The molecular weight excluding hydrogens is 243 g/mol. The van der Waals surface area contributed by atoms with E-state index in [1.54, 1.807) is 35.2 Å². The Bertz CT molecular complexity index is 654. The smallest absolute Gasteiger partial charge is 0.231 e. The number of hydrogen-bond donors (Lipinski definition) is 1. The van der Waals surface area contributed by atoms with Gasteiger partial charge in [-0.25, -0.2) is 4.39 Å². The second-order valence-electron chi connectivity index (χ2n) is 4.64. The number of rotatable bonds is 2. The lowest BCUT2D eigenvalue weighted by molar-refractivity contribution is -0.117. The standard InChI is InChI=1S/C15H13FN2O/c16-13-4-2-1-3-10(13)9-18-14-6-5-12(17)7-11(14)8-15(18)19/h1-7H,8-9,17H2. The Balaban J connectivity index is 1.95. The van der Waals surface area contributed by atoms with E-state index in [1.165, 1.54) is 6.07 Å². The van der Waals surface area contributed by atoms with Crippen molar-refractivity contribution in [2.24, 2.45) is 0 Å². The topological polar surface area (TPSA) is 46.3 Å². The molecule has 0 bridgehead atoms. The third-order valence-corrected chi connectivity index (χ3v) is 3.32. The molecule has 0 saturated carbocycles. The van der Waals surface area contributed by atoms with Crippen molar-refractivity contribution in [3.8, 4) is 0 Å². The number of nitrogens with two attached hydrogens (primary N) is 1. The van der Waals surface area contributed by atoms with Crippen LogP contribution in [0.4, 0.5) is 15.8 Å². The molecule has 0 fully saturated rings. The van der Waals surface area contributed by atoms with E-state index in [0.717, 1.165) is 11.3 Å². The monoisotopic (exact) mass is 256 g/mol. The van der Waals surface area contributed by atoms with Crippen LogP contribution in [-0.2, 0) is 17.8 Å². The van der Waals surface area contributed by atoms with E-state index in [-0.39, 0.29) is 18.3 Å². The van der Waals surface area contributed by atoms with Crippen molar-refractivity contribution < 1.29 is 9.18 Å². The summed E-state index contributed by atoms with van der Waals surface area (Å²) in [5, 5.41) is 0. The lowest BCUT2D eigenvalue weighted by Gasteiger charge is -2.18. The highest BCUT2D eigenvalue weighted by Gasteiger charge is 2.27. The fourth-order valence-electron chi connectivity index (χ4n) is 2.37. The van der Waals surface area contributed by atoms with Crippen molar-refractivity contribution in [2.45, 2.75) is 13.0 Å². The molecule has 4 heteroatoms. The van der Waals surface area contributed by atoms with Crippen LogP contribution in [0.15, 0.2) is 42.5 Å². The van der Waals surface area contributed by atoms with E-state index in [4.69, 9.17) is 5.73 Å². The molecule has 2 aromatic carbocycles. The molecule has 2 aromatic rings. The summed E-state index contributed by atoms with van der Waals surface area (Å²) in [5.74, 6) is -0.317. The number of anilines is 2. The summed E-state index contributed by atoms with van der Waals surface area (Å²) < 4.78 is 13.7. The highest BCUT2D eigenvalue weighted by molar-refractivity contribution is 6.01. The first-order chi connectivity index (χ1) is 9.15. The summed E-state index contributed by atoms with van der Waals surface area (Å²) in [6, 6.07) is 11.9. The van der Waals surface area contributed by atoms with Gasteiger partial charge < -0.3 is 10.6 Å². The average Bonchev–Trinajstić information content (AvgIpc) is 2.68. The van der Waals surface area contributed by atoms with Gasteiger partial charge in [-0.15, -0.1) is 0 Å². The number of carbonyl (C=O) groups is 1. The molecule has 0 atom stereocenters. The predicted molar refractivity (Wildman–Crippen MR) is 72.1 cm³/mol. The van der Waals surface area contributed by atoms with Crippen LogP contribution in [-0.4, -0.2) is 5.91 Å². The minimum atomic E-state index is -0.292. The van der Waals surface area contributed by atoms with Gasteiger partial charge in [-0.2, -0.15) is 0 Å². The summed E-state index contributed by atoms with van der Waals surface area (Å²) >= 11 is 0. The molecule has 1 amide bonds. The molecule has 1 aliphatic rings. The zero-order chi connectivity index (χ0) is 13.4. The summed E-state index contributed by atoms with van der Waals surface area (Å²) in [6.45, 7) is 0.252. The maximum Gasteiger partial charge on any atom is 0.231 e. The molecule has 96 valence electrons. The lowest BCUT2D eigenvalue weighted by atomic mass is 10.1. The zero-order valence-corrected chi connectivity index (χ0v) is 10.3. The van der Waals surface area contributed by atoms with Gasteiger partial charge in [0.15, 0.2) is 0 Å². The molecule has 1 aliphatic heterocycles. The predicted octanol–water partition coefficient (Wildman–Crippen LogP) is 2.50. The molecule has 0 spiro atoms. The molecule has 3 nitrogen and oxygen atoms in total. The van der Waals surface area contributed by atoms with Gasteiger partial charge in [0.2, 0.25) is 5.91 Å². The first kappa shape index (κ1) is 11.7.